The van der Waals surface area contributed by atoms with Crippen molar-refractivity contribution in [2.75, 3.05) is 0 Å². The second kappa shape index (κ2) is 5.21. The van der Waals surface area contributed by atoms with E-state index in [9.17, 15) is 9.90 Å². The largest absolute Gasteiger partial charge is 0.480 e. The molecule has 1 aliphatic carbocycles. The van der Waals surface area contributed by atoms with E-state index in [0.717, 1.165) is 32.1 Å². The van der Waals surface area contributed by atoms with Gasteiger partial charge >= 0.3 is 5.97 Å². The van der Waals surface area contributed by atoms with E-state index in [0.29, 0.717) is 0 Å². The average molecular weight is 232 g/mol. The van der Waals surface area contributed by atoms with Crippen molar-refractivity contribution < 1.29 is 15.0 Å². The maximum absolute atomic E-state index is 11.0. The molecule has 0 saturated heterocycles. The van der Waals surface area contributed by atoms with Crippen LogP contribution in [0.4, 0.5) is 0 Å². The number of aliphatic carboxylic acids is 1. The van der Waals surface area contributed by atoms with Crippen molar-refractivity contribution in [1.29, 1.82) is 0 Å². The van der Waals surface area contributed by atoms with Gasteiger partial charge in [0, 0.05) is 5.25 Å². The zero-order chi connectivity index (χ0) is 11.5. The number of hydrogen-bond donors (Lipinski definition) is 2. The van der Waals surface area contributed by atoms with Crippen LogP contribution in [0.2, 0.25) is 0 Å². The summed E-state index contributed by atoms with van der Waals surface area (Å²) < 4.78 is -0.796. The van der Waals surface area contributed by atoms with Gasteiger partial charge in [-0.1, -0.05) is 19.3 Å². The summed E-state index contributed by atoms with van der Waals surface area (Å²) in [5, 5.41) is 19.0. The Morgan fingerprint density at radius 3 is 2.47 bits per heavy atom. The highest BCUT2D eigenvalue weighted by Crippen LogP contribution is 2.36. The first-order valence-corrected chi connectivity index (χ1v) is 6.41. The second-order valence-corrected chi connectivity index (χ2v) is 6.54. The van der Waals surface area contributed by atoms with Crippen LogP contribution in [0.5, 0.6) is 0 Å². The molecule has 88 valence electrons. The lowest BCUT2D eigenvalue weighted by Crippen LogP contribution is -2.34. The molecule has 0 amide bonds. The molecule has 2 unspecified atom stereocenters. The summed E-state index contributed by atoms with van der Waals surface area (Å²) in [7, 11) is 0. The molecule has 0 bridgehead atoms. The van der Waals surface area contributed by atoms with Crippen LogP contribution in [0.25, 0.3) is 0 Å². The monoisotopic (exact) mass is 232 g/mol. The Morgan fingerprint density at radius 2 is 1.87 bits per heavy atom. The molecule has 1 saturated carbocycles. The molecule has 0 heterocycles. The Labute approximate surface area is 95.3 Å². The van der Waals surface area contributed by atoms with E-state index in [4.69, 9.17) is 5.11 Å². The fraction of sp³-hybridized carbons (Fsp3) is 0.909. The Balaban J connectivity index is 2.58. The van der Waals surface area contributed by atoms with Crippen molar-refractivity contribution in [2.45, 2.75) is 62.1 Å². The van der Waals surface area contributed by atoms with E-state index in [1.165, 1.54) is 11.8 Å². The zero-order valence-corrected chi connectivity index (χ0v) is 10.2. The molecule has 0 aromatic carbocycles. The van der Waals surface area contributed by atoms with Crippen LogP contribution in [-0.2, 0) is 4.79 Å². The Morgan fingerprint density at radius 1 is 1.27 bits per heavy atom. The number of hydrogen-bond acceptors (Lipinski definition) is 3. The molecule has 4 heteroatoms. The number of rotatable bonds is 3. The predicted octanol–water partition coefficient (Wildman–Crippen LogP) is 2.28. The summed E-state index contributed by atoms with van der Waals surface area (Å²) in [5.41, 5.74) is 0. The lowest BCUT2D eigenvalue weighted by atomic mass is 10.1. The third-order valence-corrected chi connectivity index (χ3v) is 4.50. The minimum absolute atomic E-state index is 0.0820. The zero-order valence-electron chi connectivity index (χ0n) is 9.40. The van der Waals surface area contributed by atoms with Gasteiger partial charge in [-0.25, -0.2) is 0 Å². The Bertz CT molecular complexity index is 228. The Hall–Kier alpha value is -0.220. The van der Waals surface area contributed by atoms with Crippen molar-refractivity contribution in [2.24, 2.45) is 0 Å². The van der Waals surface area contributed by atoms with Gasteiger partial charge in [0.2, 0.25) is 0 Å². The van der Waals surface area contributed by atoms with Crippen molar-refractivity contribution in [3.8, 4) is 0 Å². The predicted molar refractivity (Wildman–Crippen MR) is 62.2 cm³/mol. The van der Waals surface area contributed by atoms with E-state index in [2.05, 4.69) is 0 Å². The van der Waals surface area contributed by atoms with Gasteiger partial charge in [0.15, 0.2) is 0 Å². The summed E-state index contributed by atoms with van der Waals surface area (Å²) in [6.45, 7) is 3.41. The molecule has 3 nitrogen and oxygen atoms in total. The molecular weight excluding hydrogens is 212 g/mol. The van der Waals surface area contributed by atoms with Gasteiger partial charge in [-0.2, -0.15) is 0 Å². The van der Waals surface area contributed by atoms with Gasteiger partial charge in [-0.05, 0) is 26.7 Å². The fourth-order valence-corrected chi connectivity index (χ4v) is 3.26. The molecule has 1 fully saturated rings. The van der Waals surface area contributed by atoms with E-state index >= 15 is 0 Å². The summed E-state index contributed by atoms with van der Waals surface area (Å²) >= 11 is 1.40. The van der Waals surface area contributed by atoms with Crippen LogP contribution in [0, 0.1) is 0 Å². The van der Waals surface area contributed by atoms with Crippen molar-refractivity contribution in [1.82, 2.24) is 0 Å². The van der Waals surface area contributed by atoms with Crippen LogP contribution in [0.1, 0.15) is 46.0 Å². The van der Waals surface area contributed by atoms with Gasteiger partial charge in [0.25, 0.3) is 0 Å². The number of carboxylic acids is 1. The van der Waals surface area contributed by atoms with Crippen LogP contribution in [-0.4, -0.2) is 32.3 Å². The van der Waals surface area contributed by atoms with Gasteiger partial charge in [0.05, 0.1) is 6.10 Å². The molecule has 2 atom stereocenters. The third-order valence-electron chi connectivity index (χ3n) is 2.88. The van der Waals surface area contributed by atoms with Crippen LogP contribution in [0.3, 0.4) is 0 Å². The van der Waals surface area contributed by atoms with Crippen LogP contribution >= 0.6 is 11.8 Å². The van der Waals surface area contributed by atoms with E-state index in [-0.39, 0.29) is 11.4 Å². The number of carboxylic acid groups (broad SMARTS) is 1. The van der Waals surface area contributed by atoms with Crippen molar-refractivity contribution in [3.05, 3.63) is 0 Å². The van der Waals surface area contributed by atoms with E-state index in [1.54, 1.807) is 13.8 Å². The molecule has 0 radical (unpaired) electrons. The van der Waals surface area contributed by atoms with E-state index in [1.807, 2.05) is 0 Å². The number of aliphatic hydroxyl groups excluding tert-OH is 1. The molecule has 0 aliphatic heterocycles. The topological polar surface area (TPSA) is 57.5 Å². The third kappa shape index (κ3) is 3.68. The fourth-order valence-electron chi connectivity index (χ4n) is 1.82. The number of carbonyl (C=O) groups is 1. The van der Waals surface area contributed by atoms with Gasteiger partial charge in [-0.15, -0.1) is 11.8 Å². The first-order chi connectivity index (χ1) is 6.93. The van der Waals surface area contributed by atoms with Crippen molar-refractivity contribution >= 4 is 17.7 Å². The molecule has 0 aromatic rings. The quantitative estimate of drug-likeness (QED) is 0.733. The Kier molecular flexibility index (Phi) is 4.46. The summed E-state index contributed by atoms with van der Waals surface area (Å²) in [4.78, 5) is 11.0. The molecular formula is C11H20O3S. The highest BCUT2D eigenvalue weighted by Gasteiger charge is 2.34. The molecule has 15 heavy (non-hydrogen) atoms. The van der Waals surface area contributed by atoms with Crippen LogP contribution in [0.15, 0.2) is 0 Å². The van der Waals surface area contributed by atoms with E-state index < -0.39 is 10.7 Å². The lowest BCUT2D eigenvalue weighted by Gasteiger charge is -2.27. The molecule has 0 spiro atoms. The number of thioether (sulfide) groups is 1. The molecule has 0 aromatic heterocycles. The average Bonchev–Trinajstić information content (AvgIpc) is 2.31. The minimum Gasteiger partial charge on any atom is -0.480 e. The molecule has 1 rings (SSSR count). The van der Waals surface area contributed by atoms with Gasteiger partial charge in [-0.3, -0.25) is 4.79 Å². The molecule has 1 aliphatic rings. The van der Waals surface area contributed by atoms with Crippen molar-refractivity contribution in [3.63, 3.8) is 0 Å². The standard InChI is InChI=1S/C11H20O3S/c1-11(2,10(13)14)15-9-7-5-3-4-6-8(9)12/h8-9,12H,3-7H2,1-2H3,(H,13,14). The SMILES string of the molecule is CC(C)(SC1CCCCCC1O)C(=O)O. The summed E-state index contributed by atoms with van der Waals surface area (Å²) in [6, 6.07) is 0. The molecule has 2 N–H and O–H groups in total. The highest BCUT2D eigenvalue weighted by atomic mass is 32.2. The first-order valence-electron chi connectivity index (χ1n) is 5.53. The first kappa shape index (κ1) is 12.8. The minimum atomic E-state index is -0.802. The number of aliphatic hydroxyl groups is 1. The second-order valence-electron chi connectivity index (χ2n) is 4.68. The van der Waals surface area contributed by atoms with Gasteiger partial charge in [0.1, 0.15) is 4.75 Å². The smallest absolute Gasteiger partial charge is 0.319 e. The summed E-state index contributed by atoms with van der Waals surface area (Å²) in [6.07, 6.45) is 4.73. The van der Waals surface area contributed by atoms with Crippen LogP contribution < -0.4 is 0 Å². The highest BCUT2D eigenvalue weighted by molar-refractivity contribution is 8.02. The normalized spacial score (nSPS) is 28.5. The maximum Gasteiger partial charge on any atom is 0.319 e. The lowest BCUT2D eigenvalue weighted by molar-refractivity contribution is -0.138. The summed E-state index contributed by atoms with van der Waals surface area (Å²) in [5.74, 6) is -0.802. The maximum atomic E-state index is 11.0. The van der Waals surface area contributed by atoms with Gasteiger partial charge < -0.3 is 10.2 Å².